The maximum atomic E-state index is 13.3. The van der Waals surface area contributed by atoms with Gasteiger partial charge in [-0.3, -0.25) is 9.78 Å². The molecule has 0 unspecified atom stereocenters. The Labute approximate surface area is 186 Å². The molecule has 0 fully saturated rings. The minimum absolute atomic E-state index is 0.226. The fourth-order valence-electron chi connectivity index (χ4n) is 3.48. The van der Waals surface area contributed by atoms with E-state index in [1.165, 1.54) is 0 Å². The number of carbonyl (C=O) groups is 1. The number of pyridine rings is 1. The van der Waals surface area contributed by atoms with Gasteiger partial charge in [0, 0.05) is 17.1 Å². The Kier molecular flexibility index (Phi) is 6.22. The first kappa shape index (κ1) is 21.2. The standard InChI is InChI=1S/C26H23NO5/c1-29-22-14-19(9-10-21(22)32-16-17-7-5-4-6-8-17)26(28)25-20-15-24(31-3)23(30-2)13-18(20)11-12-27-25/h4-15H,16H2,1-3H3. The Morgan fingerprint density at radius 1 is 0.781 bits per heavy atom. The Balaban J connectivity index is 1.66. The molecule has 0 bridgehead atoms. The molecule has 0 atom stereocenters. The van der Waals surface area contributed by atoms with E-state index in [1.54, 1.807) is 51.8 Å². The normalized spacial score (nSPS) is 10.6. The molecule has 0 aliphatic rings. The molecule has 0 N–H and O–H groups in total. The molecular weight excluding hydrogens is 406 g/mol. The van der Waals surface area contributed by atoms with Crippen LogP contribution in [0.4, 0.5) is 0 Å². The van der Waals surface area contributed by atoms with E-state index in [4.69, 9.17) is 18.9 Å². The molecule has 0 saturated heterocycles. The quantitative estimate of drug-likeness (QED) is 0.364. The topological polar surface area (TPSA) is 66.9 Å². The summed E-state index contributed by atoms with van der Waals surface area (Å²) in [5, 5.41) is 1.51. The highest BCUT2D eigenvalue weighted by molar-refractivity contribution is 6.15. The number of rotatable bonds is 8. The summed E-state index contributed by atoms with van der Waals surface area (Å²) in [4.78, 5) is 17.7. The van der Waals surface area contributed by atoms with Gasteiger partial charge in [-0.15, -0.1) is 0 Å². The second kappa shape index (κ2) is 9.39. The lowest BCUT2D eigenvalue weighted by Crippen LogP contribution is -2.06. The van der Waals surface area contributed by atoms with Crippen molar-refractivity contribution in [2.45, 2.75) is 6.61 Å². The van der Waals surface area contributed by atoms with Crippen LogP contribution in [0.25, 0.3) is 10.8 Å². The summed E-state index contributed by atoms with van der Waals surface area (Å²) in [6.45, 7) is 0.400. The molecule has 0 spiro atoms. The van der Waals surface area contributed by atoms with Crippen molar-refractivity contribution in [3.05, 3.63) is 89.7 Å². The van der Waals surface area contributed by atoms with Gasteiger partial charge in [0.1, 0.15) is 12.3 Å². The largest absolute Gasteiger partial charge is 0.493 e. The van der Waals surface area contributed by atoms with E-state index >= 15 is 0 Å². The summed E-state index contributed by atoms with van der Waals surface area (Å²) in [7, 11) is 4.68. The van der Waals surface area contributed by atoms with Gasteiger partial charge >= 0.3 is 0 Å². The molecule has 32 heavy (non-hydrogen) atoms. The van der Waals surface area contributed by atoms with Crippen molar-refractivity contribution in [3.8, 4) is 23.0 Å². The molecule has 0 amide bonds. The third kappa shape index (κ3) is 4.21. The van der Waals surface area contributed by atoms with Crippen LogP contribution in [-0.2, 0) is 6.61 Å². The van der Waals surface area contributed by atoms with Crippen LogP contribution >= 0.6 is 0 Å². The van der Waals surface area contributed by atoms with Crippen molar-refractivity contribution < 1.29 is 23.7 Å². The third-order valence-electron chi connectivity index (χ3n) is 5.15. The van der Waals surface area contributed by atoms with E-state index in [2.05, 4.69) is 4.98 Å². The average Bonchev–Trinajstić information content (AvgIpc) is 2.86. The van der Waals surface area contributed by atoms with Crippen LogP contribution in [0, 0.1) is 0 Å². The number of hydrogen-bond donors (Lipinski definition) is 0. The van der Waals surface area contributed by atoms with Gasteiger partial charge in [0.15, 0.2) is 23.0 Å². The van der Waals surface area contributed by atoms with Gasteiger partial charge in [-0.1, -0.05) is 30.3 Å². The van der Waals surface area contributed by atoms with Gasteiger partial charge < -0.3 is 18.9 Å². The number of methoxy groups -OCH3 is 3. The zero-order chi connectivity index (χ0) is 22.5. The zero-order valence-corrected chi connectivity index (χ0v) is 18.1. The van der Waals surface area contributed by atoms with Crippen LogP contribution < -0.4 is 18.9 Å². The maximum Gasteiger partial charge on any atom is 0.212 e. The number of hydrogen-bond acceptors (Lipinski definition) is 6. The molecule has 1 heterocycles. The molecule has 0 aliphatic heterocycles. The predicted octanol–water partition coefficient (Wildman–Crippen LogP) is 5.07. The first-order valence-corrected chi connectivity index (χ1v) is 10.0. The Hall–Kier alpha value is -4.06. The number of nitrogens with zero attached hydrogens (tertiary/aromatic N) is 1. The minimum atomic E-state index is -0.226. The van der Waals surface area contributed by atoms with Crippen molar-refractivity contribution in [1.29, 1.82) is 0 Å². The van der Waals surface area contributed by atoms with Crippen molar-refractivity contribution in [3.63, 3.8) is 0 Å². The van der Waals surface area contributed by atoms with Crippen LogP contribution in [0.5, 0.6) is 23.0 Å². The summed E-state index contributed by atoms with van der Waals surface area (Å²) < 4.78 is 22.1. The molecule has 4 rings (SSSR count). The zero-order valence-electron chi connectivity index (χ0n) is 18.1. The molecule has 0 saturated carbocycles. The smallest absolute Gasteiger partial charge is 0.212 e. The van der Waals surface area contributed by atoms with E-state index in [1.807, 2.05) is 42.5 Å². The molecule has 4 aromatic rings. The summed E-state index contributed by atoms with van der Waals surface area (Å²) in [5.74, 6) is 1.93. The van der Waals surface area contributed by atoms with Crippen molar-refractivity contribution in [2.75, 3.05) is 21.3 Å². The Morgan fingerprint density at radius 2 is 1.47 bits per heavy atom. The Morgan fingerprint density at radius 3 is 2.19 bits per heavy atom. The van der Waals surface area contributed by atoms with Crippen LogP contribution in [0.2, 0.25) is 0 Å². The molecule has 6 heteroatoms. The highest BCUT2D eigenvalue weighted by Gasteiger charge is 2.18. The predicted molar refractivity (Wildman–Crippen MR) is 122 cm³/mol. The van der Waals surface area contributed by atoms with Gasteiger partial charge in [0.25, 0.3) is 0 Å². The molecule has 0 aliphatic carbocycles. The summed E-state index contributed by atoms with van der Waals surface area (Å²) in [5.41, 5.74) is 1.81. The van der Waals surface area contributed by atoms with E-state index < -0.39 is 0 Å². The molecule has 162 valence electrons. The second-order valence-corrected chi connectivity index (χ2v) is 7.06. The van der Waals surface area contributed by atoms with Crippen LogP contribution in [-0.4, -0.2) is 32.1 Å². The molecule has 0 radical (unpaired) electrons. The van der Waals surface area contributed by atoms with E-state index in [0.717, 1.165) is 10.9 Å². The number of ketones is 1. The second-order valence-electron chi connectivity index (χ2n) is 7.06. The number of aromatic nitrogens is 1. The number of benzene rings is 3. The van der Waals surface area contributed by atoms with Gasteiger partial charge in [0.2, 0.25) is 5.78 Å². The number of fused-ring (bicyclic) bond motifs is 1. The highest BCUT2D eigenvalue weighted by atomic mass is 16.5. The summed E-state index contributed by atoms with van der Waals surface area (Å²) in [6.07, 6.45) is 1.61. The number of carbonyl (C=O) groups excluding carboxylic acids is 1. The lowest BCUT2D eigenvalue weighted by Gasteiger charge is -2.13. The van der Waals surface area contributed by atoms with E-state index in [-0.39, 0.29) is 5.78 Å². The molecule has 1 aromatic heterocycles. The van der Waals surface area contributed by atoms with Gasteiger partial charge in [0.05, 0.1) is 21.3 Å². The fourth-order valence-corrected chi connectivity index (χ4v) is 3.48. The average molecular weight is 429 g/mol. The lowest BCUT2D eigenvalue weighted by atomic mass is 10.0. The monoisotopic (exact) mass is 429 g/mol. The van der Waals surface area contributed by atoms with Crippen LogP contribution in [0.15, 0.2) is 72.9 Å². The Bertz CT molecular complexity index is 1250. The molecule has 3 aromatic carbocycles. The maximum absolute atomic E-state index is 13.3. The first-order chi connectivity index (χ1) is 15.6. The SMILES string of the molecule is COc1cc2ccnc(C(=O)c3ccc(OCc4ccccc4)c(OC)c3)c2cc1OC. The van der Waals surface area contributed by atoms with Gasteiger partial charge in [-0.2, -0.15) is 0 Å². The number of ether oxygens (including phenoxy) is 4. The first-order valence-electron chi connectivity index (χ1n) is 10.0. The van der Waals surface area contributed by atoms with Crippen LogP contribution in [0.3, 0.4) is 0 Å². The molecule has 6 nitrogen and oxygen atoms in total. The van der Waals surface area contributed by atoms with Crippen molar-refractivity contribution in [2.24, 2.45) is 0 Å². The molecular formula is C26H23NO5. The fraction of sp³-hybridized carbons (Fsp3) is 0.154. The van der Waals surface area contributed by atoms with Crippen LogP contribution in [0.1, 0.15) is 21.6 Å². The minimum Gasteiger partial charge on any atom is -0.493 e. The summed E-state index contributed by atoms with van der Waals surface area (Å²) in [6, 6.07) is 20.4. The van der Waals surface area contributed by atoms with E-state index in [9.17, 15) is 4.79 Å². The van der Waals surface area contributed by atoms with Gasteiger partial charge in [-0.25, -0.2) is 0 Å². The third-order valence-corrected chi connectivity index (χ3v) is 5.15. The summed E-state index contributed by atoms with van der Waals surface area (Å²) >= 11 is 0. The van der Waals surface area contributed by atoms with Crippen molar-refractivity contribution >= 4 is 16.6 Å². The lowest BCUT2D eigenvalue weighted by molar-refractivity contribution is 0.103. The highest BCUT2D eigenvalue weighted by Crippen LogP contribution is 2.34. The van der Waals surface area contributed by atoms with E-state index in [0.29, 0.717) is 46.2 Å². The van der Waals surface area contributed by atoms with Gasteiger partial charge in [-0.05, 0) is 47.3 Å². The van der Waals surface area contributed by atoms with Crippen molar-refractivity contribution in [1.82, 2.24) is 4.98 Å².